The first-order valence-corrected chi connectivity index (χ1v) is 8.42. The van der Waals surface area contributed by atoms with Crippen LogP contribution in [-0.2, 0) is 11.2 Å². The zero-order valence-corrected chi connectivity index (χ0v) is 14.6. The summed E-state index contributed by atoms with van der Waals surface area (Å²) in [6.45, 7) is 6.14. The maximum Gasteiger partial charge on any atom is 0.237 e. The molecule has 0 amide bonds. The number of nitrogens with zero attached hydrogens (tertiary/aromatic N) is 5. The molecule has 3 aromatic rings. The molecule has 0 aliphatic carbocycles. The summed E-state index contributed by atoms with van der Waals surface area (Å²) >= 11 is 7.52. The molecule has 0 aliphatic heterocycles. The Labute approximate surface area is 143 Å². The highest BCUT2D eigenvalue weighted by molar-refractivity contribution is 7.98. The van der Waals surface area contributed by atoms with Crippen LogP contribution >= 0.6 is 23.4 Å². The third-order valence-corrected chi connectivity index (χ3v) is 4.23. The van der Waals surface area contributed by atoms with Gasteiger partial charge in [-0.05, 0) is 18.2 Å². The first-order valence-electron chi connectivity index (χ1n) is 7.05. The smallest absolute Gasteiger partial charge is 0.237 e. The summed E-state index contributed by atoms with van der Waals surface area (Å²) in [5.74, 6) is 1.80. The standard InChI is InChI=1S/C15H16ClN5OS/c1-15(2,3)13-18-12(22-20-13)8-23-14-19-17-9-21(14)11-6-4-5-10(16)7-11/h4-7,9H,8H2,1-3H3. The minimum absolute atomic E-state index is 0.132. The summed E-state index contributed by atoms with van der Waals surface area (Å²) in [7, 11) is 0. The Morgan fingerprint density at radius 2 is 2.13 bits per heavy atom. The van der Waals surface area contributed by atoms with E-state index < -0.39 is 0 Å². The van der Waals surface area contributed by atoms with Gasteiger partial charge in [-0.2, -0.15) is 4.98 Å². The maximum atomic E-state index is 6.04. The van der Waals surface area contributed by atoms with Gasteiger partial charge in [0.1, 0.15) is 6.33 Å². The molecule has 0 fully saturated rings. The van der Waals surface area contributed by atoms with Crippen molar-refractivity contribution in [3.8, 4) is 5.69 Å². The van der Waals surface area contributed by atoms with E-state index >= 15 is 0 Å². The molecule has 1 aromatic carbocycles. The van der Waals surface area contributed by atoms with Crippen LogP contribution in [0.3, 0.4) is 0 Å². The molecule has 0 radical (unpaired) electrons. The van der Waals surface area contributed by atoms with Crippen molar-refractivity contribution >= 4 is 23.4 Å². The lowest BCUT2D eigenvalue weighted by molar-refractivity contribution is 0.372. The largest absolute Gasteiger partial charge is 0.338 e. The van der Waals surface area contributed by atoms with Crippen LogP contribution in [0.15, 0.2) is 40.3 Å². The summed E-state index contributed by atoms with van der Waals surface area (Å²) in [4.78, 5) is 4.42. The number of rotatable bonds is 4. The molecule has 0 saturated heterocycles. The van der Waals surface area contributed by atoms with E-state index in [1.165, 1.54) is 11.8 Å². The van der Waals surface area contributed by atoms with E-state index in [1.807, 2.05) is 49.6 Å². The quantitative estimate of drug-likeness (QED) is 0.665. The Kier molecular flexibility index (Phi) is 4.41. The van der Waals surface area contributed by atoms with Gasteiger partial charge in [0.15, 0.2) is 11.0 Å². The van der Waals surface area contributed by atoms with Crippen LogP contribution in [0.25, 0.3) is 5.69 Å². The average molecular weight is 350 g/mol. The van der Waals surface area contributed by atoms with Gasteiger partial charge in [0, 0.05) is 10.4 Å². The molecule has 0 saturated carbocycles. The maximum absolute atomic E-state index is 6.04. The molecule has 0 unspecified atom stereocenters. The Bertz CT molecular complexity index is 808. The van der Waals surface area contributed by atoms with Gasteiger partial charge < -0.3 is 4.52 Å². The molecular formula is C15H16ClN5OS. The minimum Gasteiger partial charge on any atom is -0.338 e. The molecule has 2 heterocycles. The molecule has 0 spiro atoms. The fraction of sp³-hybridized carbons (Fsp3) is 0.333. The van der Waals surface area contributed by atoms with Crippen molar-refractivity contribution in [3.05, 3.63) is 47.3 Å². The Balaban J connectivity index is 1.75. The molecule has 0 aliphatic rings. The van der Waals surface area contributed by atoms with Crippen LogP contribution in [0.2, 0.25) is 5.02 Å². The number of aromatic nitrogens is 5. The normalized spacial score (nSPS) is 11.8. The van der Waals surface area contributed by atoms with E-state index in [2.05, 4.69) is 20.3 Å². The predicted octanol–water partition coefficient (Wildman–Crippen LogP) is 3.89. The molecule has 6 nitrogen and oxygen atoms in total. The summed E-state index contributed by atoms with van der Waals surface area (Å²) in [6.07, 6.45) is 1.66. The molecular weight excluding hydrogens is 334 g/mol. The lowest BCUT2D eigenvalue weighted by Gasteiger charge is -2.10. The van der Waals surface area contributed by atoms with Crippen LogP contribution < -0.4 is 0 Å². The molecule has 3 rings (SSSR count). The van der Waals surface area contributed by atoms with E-state index in [9.17, 15) is 0 Å². The molecule has 8 heteroatoms. The third-order valence-electron chi connectivity index (χ3n) is 3.07. The van der Waals surface area contributed by atoms with Crippen LogP contribution in [0.4, 0.5) is 0 Å². The molecule has 0 bridgehead atoms. The van der Waals surface area contributed by atoms with Crippen molar-refractivity contribution in [2.45, 2.75) is 37.1 Å². The first kappa shape index (κ1) is 16.0. The van der Waals surface area contributed by atoms with Gasteiger partial charge in [-0.1, -0.05) is 55.4 Å². The van der Waals surface area contributed by atoms with Crippen molar-refractivity contribution in [2.24, 2.45) is 0 Å². The average Bonchev–Trinajstić information content (AvgIpc) is 3.14. The lowest BCUT2D eigenvalue weighted by atomic mass is 9.96. The van der Waals surface area contributed by atoms with Crippen molar-refractivity contribution in [2.75, 3.05) is 0 Å². The fourth-order valence-corrected chi connectivity index (χ4v) is 2.82. The van der Waals surface area contributed by atoms with Crippen LogP contribution in [0.5, 0.6) is 0 Å². The van der Waals surface area contributed by atoms with Gasteiger partial charge in [0.25, 0.3) is 0 Å². The van der Waals surface area contributed by atoms with Gasteiger partial charge in [0.2, 0.25) is 5.89 Å². The molecule has 0 N–H and O–H groups in total. The van der Waals surface area contributed by atoms with E-state index in [0.29, 0.717) is 22.5 Å². The van der Waals surface area contributed by atoms with Crippen molar-refractivity contribution in [1.29, 1.82) is 0 Å². The van der Waals surface area contributed by atoms with E-state index in [0.717, 1.165) is 10.8 Å². The molecule has 0 atom stereocenters. The van der Waals surface area contributed by atoms with E-state index in [1.54, 1.807) is 6.33 Å². The second-order valence-corrected chi connectivity index (χ2v) is 7.39. The monoisotopic (exact) mass is 349 g/mol. The number of hydrogen-bond donors (Lipinski definition) is 0. The summed E-state index contributed by atoms with van der Waals surface area (Å²) in [5.41, 5.74) is 0.777. The molecule has 120 valence electrons. The highest BCUT2D eigenvalue weighted by Crippen LogP contribution is 2.25. The van der Waals surface area contributed by atoms with E-state index in [-0.39, 0.29) is 5.41 Å². The number of benzene rings is 1. The van der Waals surface area contributed by atoms with Crippen molar-refractivity contribution in [1.82, 2.24) is 24.9 Å². The zero-order valence-electron chi connectivity index (χ0n) is 13.0. The lowest BCUT2D eigenvalue weighted by Crippen LogP contribution is -2.13. The zero-order chi connectivity index (χ0) is 16.4. The highest BCUT2D eigenvalue weighted by Gasteiger charge is 2.21. The summed E-state index contributed by atoms with van der Waals surface area (Å²) in [5, 5.41) is 13.5. The Hall–Kier alpha value is -1.86. The molecule has 2 aromatic heterocycles. The van der Waals surface area contributed by atoms with Crippen LogP contribution in [-0.4, -0.2) is 24.9 Å². The van der Waals surface area contributed by atoms with Gasteiger partial charge in [0.05, 0.1) is 11.4 Å². The first-order chi connectivity index (χ1) is 10.9. The Morgan fingerprint density at radius 1 is 1.30 bits per heavy atom. The summed E-state index contributed by atoms with van der Waals surface area (Å²) < 4.78 is 7.17. The second kappa shape index (κ2) is 6.33. The number of halogens is 1. The molecule has 23 heavy (non-hydrogen) atoms. The van der Waals surface area contributed by atoms with Gasteiger partial charge in [-0.15, -0.1) is 10.2 Å². The predicted molar refractivity (Wildman–Crippen MR) is 88.9 cm³/mol. The number of hydrogen-bond acceptors (Lipinski definition) is 6. The number of thioether (sulfide) groups is 1. The highest BCUT2D eigenvalue weighted by atomic mass is 35.5. The van der Waals surface area contributed by atoms with Crippen LogP contribution in [0, 0.1) is 0 Å². The topological polar surface area (TPSA) is 69.6 Å². The summed E-state index contributed by atoms with van der Waals surface area (Å²) in [6, 6.07) is 7.53. The SMILES string of the molecule is CC(C)(C)c1noc(CSc2nncn2-c2cccc(Cl)c2)n1. The van der Waals surface area contributed by atoms with Gasteiger partial charge >= 0.3 is 0 Å². The minimum atomic E-state index is -0.132. The van der Waals surface area contributed by atoms with E-state index in [4.69, 9.17) is 16.1 Å². The second-order valence-electron chi connectivity index (χ2n) is 6.01. The Morgan fingerprint density at radius 3 is 2.83 bits per heavy atom. The fourth-order valence-electron chi connectivity index (χ4n) is 1.87. The van der Waals surface area contributed by atoms with Gasteiger partial charge in [-0.3, -0.25) is 4.57 Å². The third kappa shape index (κ3) is 3.73. The van der Waals surface area contributed by atoms with Crippen molar-refractivity contribution in [3.63, 3.8) is 0 Å². The van der Waals surface area contributed by atoms with Crippen molar-refractivity contribution < 1.29 is 4.52 Å². The van der Waals surface area contributed by atoms with Gasteiger partial charge in [-0.25, -0.2) is 0 Å². The van der Waals surface area contributed by atoms with Crippen LogP contribution in [0.1, 0.15) is 32.5 Å².